The van der Waals surface area contributed by atoms with Crippen LogP contribution >= 0.6 is 0 Å². The van der Waals surface area contributed by atoms with E-state index >= 15 is 0 Å². The molecule has 10 heteroatoms. The van der Waals surface area contributed by atoms with Crippen molar-refractivity contribution in [2.75, 3.05) is 25.0 Å². The Hall–Kier alpha value is -2.33. The maximum absolute atomic E-state index is 13.1. The van der Waals surface area contributed by atoms with Crippen LogP contribution in [0.15, 0.2) is 18.2 Å². The fourth-order valence-electron chi connectivity index (χ4n) is 2.82. The molecule has 1 saturated heterocycles. The number of nitrogens with one attached hydrogen (secondary N) is 4. The van der Waals surface area contributed by atoms with E-state index in [-0.39, 0.29) is 36.3 Å². The summed E-state index contributed by atoms with van der Waals surface area (Å²) in [6, 6.07) is 3.06. The number of amides is 2. The number of anilines is 1. The van der Waals surface area contributed by atoms with Crippen molar-refractivity contribution in [1.82, 2.24) is 16.0 Å². The standard InChI is InChI=1S/C19H27F3N4O3/c1-18(2,3)29-17(28)26-15-5-4-13(19(20,21)22)8-12(15)9-24-11-16(27)25-14-6-7-23-10-14/h4-5,8,14,23-24H,6-7,9-11H2,1-3H3,(H,25,27)(H,26,28). The SMILES string of the molecule is CC(C)(C)OC(=O)Nc1ccc(C(F)(F)F)cc1CNCC(=O)NC1CCNC1. The number of benzene rings is 1. The number of hydrogen-bond donors (Lipinski definition) is 4. The van der Waals surface area contributed by atoms with Gasteiger partial charge in [0.15, 0.2) is 0 Å². The first-order valence-corrected chi connectivity index (χ1v) is 9.35. The maximum atomic E-state index is 13.1. The zero-order valence-electron chi connectivity index (χ0n) is 16.7. The van der Waals surface area contributed by atoms with Crippen molar-refractivity contribution in [1.29, 1.82) is 0 Å². The third-order valence-electron chi connectivity index (χ3n) is 4.09. The van der Waals surface area contributed by atoms with Crippen molar-refractivity contribution in [2.24, 2.45) is 0 Å². The summed E-state index contributed by atoms with van der Waals surface area (Å²) >= 11 is 0. The molecule has 1 unspecified atom stereocenters. The summed E-state index contributed by atoms with van der Waals surface area (Å²) in [6.07, 6.45) is -4.46. The van der Waals surface area contributed by atoms with Gasteiger partial charge in [0.25, 0.3) is 0 Å². The molecule has 0 bridgehead atoms. The zero-order chi connectivity index (χ0) is 21.7. The molecule has 1 aromatic carbocycles. The molecule has 1 fully saturated rings. The van der Waals surface area contributed by atoms with E-state index in [1.807, 2.05) is 0 Å². The van der Waals surface area contributed by atoms with Gasteiger partial charge in [-0.25, -0.2) is 4.79 Å². The fraction of sp³-hybridized carbons (Fsp3) is 0.579. The Bertz CT molecular complexity index is 726. The second kappa shape index (κ2) is 9.45. The highest BCUT2D eigenvalue weighted by Crippen LogP contribution is 2.32. The van der Waals surface area contributed by atoms with Gasteiger partial charge in [-0.1, -0.05) is 0 Å². The van der Waals surface area contributed by atoms with Crippen LogP contribution in [0.3, 0.4) is 0 Å². The van der Waals surface area contributed by atoms with Gasteiger partial charge in [-0.05, 0) is 57.5 Å². The minimum atomic E-state index is -4.52. The molecule has 1 aliphatic heterocycles. The lowest BCUT2D eigenvalue weighted by atomic mass is 10.1. The number of halogens is 3. The lowest BCUT2D eigenvalue weighted by Gasteiger charge is -2.21. The quantitative estimate of drug-likeness (QED) is 0.572. The van der Waals surface area contributed by atoms with Crippen LogP contribution in [0.5, 0.6) is 0 Å². The highest BCUT2D eigenvalue weighted by Gasteiger charge is 2.31. The summed E-state index contributed by atoms with van der Waals surface area (Å²) in [5, 5.41) is 11.3. The summed E-state index contributed by atoms with van der Waals surface area (Å²) in [5.74, 6) is -0.243. The molecule has 1 atom stereocenters. The molecular formula is C19H27F3N4O3. The molecule has 1 heterocycles. The molecule has 29 heavy (non-hydrogen) atoms. The Kier molecular flexibility index (Phi) is 7.48. The summed E-state index contributed by atoms with van der Waals surface area (Å²) in [7, 11) is 0. The van der Waals surface area contributed by atoms with Gasteiger partial charge in [-0.3, -0.25) is 10.1 Å². The highest BCUT2D eigenvalue weighted by molar-refractivity contribution is 5.86. The summed E-state index contributed by atoms with van der Waals surface area (Å²) < 4.78 is 44.3. The second-order valence-corrected chi connectivity index (χ2v) is 7.86. The van der Waals surface area contributed by atoms with Crippen LogP contribution in [0, 0.1) is 0 Å². The zero-order valence-corrected chi connectivity index (χ0v) is 16.7. The van der Waals surface area contributed by atoms with E-state index in [9.17, 15) is 22.8 Å². The number of ether oxygens (including phenoxy) is 1. The van der Waals surface area contributed by atoms with Crippen LogP contribution in [0.1, 0.15) is 38.3 Å². The number of alkyl halides is 3. The Morgan fingerprint density at radius 2 is 1.97 bits per heavy atom. The molecule has 7 nitrogen and oxygen atoms in total. The van der Waals surface area contributed by atoms with Crippen molar-refractivity contribution >= 4 is 17.7 Å². The molecule has 0 aromatic heterocycles. The van der Waals surface area contributed by atoms with Gasteiger partial charge < -0.3 is 20.7 Å². The Balaban J connectivity index is 2.03. The smallest absolute Gasteiger partial charge is 0.416 e. The van der Waals surface area contributed by atoms with Gasteiger partial charge in [-0.2, -0.15) is 13.2 Å². The fourth-order valence-corrected chi connectivity index (χ4v) is 2.82. The Morgan fingerprint density at radius 3 is 2.55 bits per heavy atom. The summed E-state index contributed by atoms with van der Waals surface area (Å²) in [5.41, 5.74) is -1.21. The second-order valence-electron chi connectivity index (χ2n) is 7.86. The molecule has 0 saturated carbocycles. The van der Waals surface area contributed by atoms with Crippen molar-refractivity contribution in [3.05, 3.63) is 29.3 Å². The monoisotopic (exact) mass is 416 g/mol. The summed E-state index contributed by atoms with van der Waals surface area (Å²) in [6.45, 7) is 6.48. The maximum Gasteiger partial charge on any atom is 0.416 e. The van der Waals surface area contributed by atoms with Crippen LogP contribution in [0.25, 0.3) is 0 Å². The van der Waals surface area contributed by atoms with Gasteiger partial charge >= 0.3 is 12.3 Å². The van der Waals surface area contributed by atoms with E-state index in [0.717, 1.165) is 25.1 Å². The summed E-state index contributed by atoms with van der Waals surface area (Å²) in [4.78, 5) is 24.0. The van der Waals surface area contributed by atoms with Gasteiger partial charge in [0.05, 0.1) is 12.1 Å². The molecule has 0 spiro atoms. The topological polar surface area (TPSA) is 91.5 Å². The minimum Gasteiger partial charge on any atom is -0.444 e. The first-order valence-electron chi connectivity index (χ1n) is 9.35. The number of hydrogen-bond acceptors (Lipinski definition) is 5. The average Bonchev–Trinajstić information content (AvgIpc) is 3.06. The molecule has 1 aliphatic rings. The lowest BCUT2D eigenvalue weighted by molar-refractivity contribution is -0.137. The Morgan fingerprint density at radius 1 is 1.24 bits per heavy atom. The minimum absolute atomic E-state index is 0.0363. The van der Waals surface area contributed by atoms with Gasteiger partial charge in [-0.15, -0.1) is 0 Å². The Labute approximate surface area is 167 Å². The van der Waals surface area contributed by atoms with E-state index in [0.29, 0.717) is 6.54 Å². The van der Waals surface area contributed by atoms with Crippen LogP contribution in [-0.4, -0.2) is 43.3 Å². The normalized spacial score (nSPS) is 17.1. The van der Waals surface area contributed by atoms with Crippen molar-refractivity contribution in [3.8, 4) is 0 Å². The average molecular weight is 416 g/mol. The third kappa shape index (κ3) is 7.90. The molecule has 4 N–H and O–H groups in total. The first kappa shape index (κ1) is 23.0. The number of carbonyl (C=O) groups is 2. The molecule has 2 amide bonds. The molecular weight excluding hydrogens is 389 g/mol. The van der Waals surface area contributed by atoms with Gasteiger partial charge in [0, 0.05) is 24.8 Å². The number of rotatable bonds is 6. The van der Waals surface area contributed by atoms with Gasteiger partial charge in [0.1, 0.15) is 5.60 Å². The van der Waals surface area contributed by atoms with Crippen LogP contribution in [-0.2, 0) is 22.3 Å². The van der Waals surface area contributed by atoms with E-state index < -0.39 is 23.4 Å². The van der Waals surface area contributed by atoms with E-state index in [1.165, 1.54) is 6.07 Å². The van der Waals surface area contributed by atoms with Crippen LogP contribution in [0.2, 0.25) is 0 Å². The number of carbonyl (C=O) groups excluding carboxylic acids is 2. The molecule has 0 radical (unpaired) electrons. The molecule has 2 rings (SSSR count). The lowest BCUT2D eigenvalue weighted by Crippen LogP contribution is -2.41. The van der Waals surface area contributed by atoms with Crippen molar-refractivity contribution < 1.29 is 27.5 Å². The van der Waals surface area contributed by atoms with E-state index in [2.05, 4.69) is 21.3 Å². The first-order chi connectivity index (χ1) is 13.4. The van der Waals surface area contributed by atoms with E-state index in [4.69, 9.17) is 4.74 Å². The van der Waals surface area contributed by atoms with Crippen LogP contribution < -0.4 is 21.3 Å². The highest BCUT2D eigenvalue weighted by atomic mass is 19.4. The third-order valence-corrected chi connectivity index (χ3v) is 4.09. The van der Waals surface area contributed by atoms with E-state index in [1.54, 1.807) is 20.8 Å². The molecule has 1 aromatic rings. The predicted molar refractivity (Wildman–Crippen MR) is 102 cm³/mol. The van der Waals surface area contributed by atoms with Crippen molar-refractivity contribution in [3.63, 3.8) is 0 Å². The molecule has 162 valence electrons. The van der Waals surface area contributed by atoms with Crippen molar-refractivity contribution in [2.45, 2.75) is 51.6 Å². The van der Waals surface area contributed by atoms with Crippen LogP contribution in [0.4, 0.5) is 23.7 Å². The van der Waals surface area contributed by atoms with Gasteiger partial charge in [0.2, 0.25) is 5.91 Å². The largest absolute Gasteiger partial charge is 0.444 e. The predicted octanol–water partition coefficient (Wildman–Crippen LogP) is 2.62. The molecule has 0 aliphatic carbocycles.